The van der Waals surface area contributed by atoms with Gasteiger partial charge in [-0.05, 0) is 24.8 Å². The van der Waals surface area contributed by atoms with Gasteiger partial charge in [-0.25, -0.2) is 0 Å². The number of pyridine rings is 1. The fourth-order valence-corrected chi connectivity index (χ4v) is 2.48. The van der Waals surface area contributed by atoms with E-state index in [1.807, 2.05) is 0 Å². The molecule has 1 aromatic heterocycles. The molecule has 2 amide bonds. The summed E-state index contributed by atoms with van der Waals surface area (Å²) in [6, 6.07) is 1.58. The number of imide groups is 1. The third-order valence-electron chi connectivity index (χ3n) is 3.45. The van der Waals surface area contributed by atoms with Crippen LogP contribution in [0.5, 0.6) is 0 Å². The van der Waals surface area contributed by atoms with E-state index >= 15 is 0 Å². The van der Waals surface area contributed by atoms with Gasteiger partial charge in [0.2, 0.25) is 0 Å². The van der Waals surface area contributed by atoms with Crippen molar-refractivity contribution < 1.29 is 14.7 Å². The number of rotatable bonds is 6. The van der Waals surface area contributed by atoms with Crippen molar-refractivity contribution in [1.29, 1.82) is 0 Å². The predicted molar refractivity (Wildman–Crippen MR) is 69.7 cm³/mol. The van der Waals surface area contributed by atoms with Crippen molar-refractivity contribution in [2.45, 2.75) is 26.2 Å². The maximum absolute atomic E-state index is 12.2. The van der Waals surface area contributed by atoms with Crippen LogP contribution in [0.15, 0.2) is 18.5 Å². The van der Waals surface area contributed by atoms with Gasteiger partial charge in [0.15, 0.2) is 0 Å². The van der Waals surface area contributed by atoms with E-state index in [2.05, 4.69) is 11.9 Å². The fourth-order valence-electron chi connectivity index (χ4n) is 2.48. The van der Waals surface area contributed by atoms with Gasteiger partial charge in [-0.15, -0.1) is 0 Å². The Morgan fingerprint density at radius 2 is 2.00 bits per heavy atom. The zero-order valence-electron chi connectivity index (χ0n) is 11.0. The number of carbonyl (C=O) groups is 2. The highest BCUT2D eigenvalue weighted by Crippen LogP contribution is 2.24. The van der Waals surface area contributed by atoms with Gasteiger partial charge in [0, 0.05) is 25.5 Å². The van der Waals surface area contributed by atoms with Gasteiger partial charge >= 0.3 is 0 Å². The summed E-state index contributed by atoms with van der Waals surface area (Å²) in [5.41, 5.74) is 0.811. The van der Waals surface area contributed by atoms with Crippen molar-refractivity contribution in [2.75, 3.05) is 13.2 Å². The molecule has 19 heavy (non-hydrogen) atoms. The molecule has 0 radical (unpaired) electrons. The second-order valence-corrected chi connectivity index (χ2v) is 4.81. The number of hydrogen-bond donors (Lipinski definition) is 1. The number of aliphatic hydroxyl groups is 1. The van der Waals surface area contributed by atoms with E-state index in [1.165, 1.54) is 17.3 Å². The number of amides is 2. The van der Waals surface area contributed by atoms with Crippen LogP contribution in [0, 0.1) is 5.92 Å². The van der Waals surface area contributed by atoms with Crippen LogP contribution in [-0.2, 0) is 0 Å². The smallest absolute Gasteiger partial charge is 0.263 e. The number of hydrogen-bond acceptors (Lipinski definition) is 4. The standard InChI is InChI=1S/C14H18N2O3/c1-2-3-10(5-7-17)9-16-13(18)11-4-6-15-8-12(11)14(16)19/h4,6,8,10,17H,2-3,5,7,9H2,1H3. The van der Waals surface area contributed by atoms with Gasteiger partial charge in [-0.2, -0.15) is 0 Å². The molecule has 1 aliphatic heterocycles. The van der Waals surface area contributed by atoms with Crippen LogP contribution in [0.25, 0.3) is 0 Å². The van der Waals surface area contributed by atoms with E-state index < -0.39 is 0 Å². The Bertz CT molecular complexity index is 446. The lowest BCUT2D eigenvalue weighted by Gasteiger charge is -2.21. The summed E-state index contributed by atoms with van der Waals surface area (Å²) in [5, 5.41) is 9.04. The zero-order chi connectivity index (χ0) is 13.8. The monoisotopic (exact) mass is 262 g/mol. The highest BCUT2D eigenvalue weighted by molar-refractivity contribution is 6.21. The predicted octanol–water partition coefficient (Wildman–Crippen LogP) is 1.48. The minimum Gasteiger partial charge on any atom is -0.396 e. The topological polar surface area (TPSA) is 70.5 Å². The molecule has 5 heteroatoms. The molecule has 2 heterocycles. The van der Waals surface area contributed by atoms with Crippen molar-refractivity contribution in [3.8, 4) is 0 Å². The molecule has 0 spiro atoms. The van der Waals surface area contributed by atoms with E-state index in [4.69, 9.17) is 5.11 Å². The molecule has 0 bridgehead atoms. The molecule has 5 nitrogen and oxygen atoms in total. The molecular weight excluding hydrogens is 244 g/mol. The van der Waals surface area contributed by atoms with Crippen LogP contribution < -0.4 is 0 Å². The van der Waals surface area contributed by atoms with Crippen LogP contribution in [0.4, 0.5) is 0 Å². The summed E-state index contributed by atoms with van der Waals surface area (Å²) in [7, 11) is 0. The van der Waals surface area contributed by atoms with E-state index in [1.54, 1.807) is 6.07 Å². The molecule has 0 saturated heterocycles. The van der Waals surface area contributed by atoms with Gasteiger partial charge < -0.3 is 5.11 Å². The van der Waals surface area contributed by atoms with Gasteiger partial charge in [0.25, 0.3) is 11.8 Å². The van der Waals surface area contributed by atoms with Gasteiger partial charge in [0.05, 0.1) is 11.1 Å². The molecule has 1 unspecified atom stereocenters. The first-order chi connectivity index (χ1) is 9.19. The van der Waals surface area contributed by atoms with E-state index in [0.29, 0.717) is 24.1 Å². The van der Waals surface area contributed by atoms with Crippen LogP contribution in [0.3, 0.4) is 0 Å². The maximum Gasteiger partial charge on any atom is 0.263 e. The van der Waals surface area contributed by atoms with Gasteiger partial charge in [-0.1, -0.05) is 13.3 Å². The van der Waals surface area contributed by atoms with Crippen molar-refractivity contribution in [2.24, 2.45) is 5.92 Å². The largest absolute Gasteiger partial charge is 0.396 e. The first-order valence-corrected chi connectivity index (χ1v) is 6.60. The molecule has 0 saturated carbocycles. The van der Waals surface area contributed by atoms with Crippen molar-refractivity contribution in [3.05, 3.63) is 29.6 Å². The highest BCUT2D eigenvalue weighted by Gasteiger charge is 2.36. The summed E-state index contributed by atoms with van der Waals surface area (Å²) in [4.78, 5) is 29.5. The molecule has 0 aromatic carbocycles. The van der Waals surface area contributed by atoms with E-state index in [0.717, 1.165) is 12.8 Å². The lowest BCUT2D eigenvalue weighted by atomic mass is 9.99. The Hall–Kier alpha value is -1.75. The third kappa shape index (κ3) is 2.66. The summed E-state index contributed by atoms with van der Waals surface area (Å²) >= 11 is 0. The minimum atomic E-state index is -0.271. The molecule has 102 valence electrons. The van der Waals surface area contributed by atoms with Crippen molar-refractivity contribution >= 4 is 11.8 Å². The Kier molecular flexibility index (Phi) is 4.27. The van der Waals surface area contributed by atoms with Gasteiger partial charge in [-0.3, -0.25) is 19.5 Å². The normalized spacial score (nSPS) is 15.8. The average Bonchev–Trinajstić information content (AvgIpc) is 2.65. The minimum absolute atomic E-state index is 0.0788. The summed E-state index contributed by atoms with van der Waals surface area (Å²) in [6.45, 7) is 2.51. The SMILES string of the molecule is CCCC(CCO)CN1C(=O)c2ccncc2C1=O. The number of fused-ring (bicyclic) bond motifs is 1. The summed E-state index contributed by atoms with van der Waals surface area (Å²) in [5.74, 6) is -0.362. The first kappa shape index (κ1) is 13.7. The Morgan fingerprint density at radius 3 is 2.63 bits per heavy atom. The zero-order valence-corrected chi connectivity index (χ0v) is 11.0. The molecule has 0 fully saturated rings. The van der Waals surface area contributed by atoms with Crippen molar-refractivity contribution in [3.63, 3.8) is 0 Å². The lowest BCUT2D eigenvalue weighted by molar-refractivity contribution is 0.0616. The van der Waals surface area contributed by atoms with Gasteiger partial charge in [0.1, 0.15) is 0 Å². The second-order valence-electron chi connectivity index (χ2n) is 4.81. The maximum atomic E-state index is 12.2. The lowest BCUT2D eigenvalue weighted by Crippen LogP contribution is -2.35. The Labute approximate surface area is 112 Å². The van der Waals surface area contributed by atoms with Crippen molar-refractivity contribution in [1.82, 2.24) is 9.88 Å². The molecular formula is C14H18N2O3. The molecule has 2 rings (SSSR count). The molecule has 0 aliphatic carbocycles. The number of aliphatic hydroxyl groups excluding tert-OH is 1. The Morgan fingerprint density at radius 1 is 1.26 bits per heavy atom. The Balaban J connectivity index is 2.15. The second kappa shape index (κ2) is 5.93. The summed E-state index contributed by atoms with van der Waals surface area (Å²) < 4.78 is 0. The van der Waals surface area contributed by atoms with Crippen LogP contribution in [0.2, 0.25) is 0 Å². The average molecular weight is 262 g/mol. The van der Waals surface area contributed by atoms with E-state index in [-0.39, 0.29) is 24.3 Å². The fraction of sp³-hybridized carbons (Fsp3) is 0.500. The molecule has 1 atom stereocenters. The molecule has 1 N–H and O–H groups in total. The number of carbonyl (C=O) groups excluding carboxylic acids is 2. The van der Waals surface area contributed by atoms with Crippen LogP contribution in [-0.4, -0.2) is 40.0 Å². The quantitative estimate of drug-likeness (QED) is 0.788. The first-order valence-electron chi connectivity index (χ1n) is 6.60. The third-order valence-corrected chi connectivity index (χ3v) is 3.45. The molecule has 1 aromatic rings. The summed E-state index contributed by atoms with van der Waals surface area (Å²) in [6.07, 6.45) is 5.43. The number of nitrogens with zero attached hydrogens (tertiary/aromatic N) is 2. The molecule has 1 aliphatic rings. The number of aromatic nitrogens is 1. The van der Waals surface area contributed by atoms with Crippen LogP contribution in [0.1, 0.15) is 46.9 Å². The van der Waals surface area contributed by atoms with Crippen LogP contribution >= 0.6 is 0 Å². The van der Waals surface area contributed by atoms with E-state index in [9.17, 15) is 9.59 Å². The highest BCUT2D eigenvalue weighted by atomic mass is 16.3.